The molecule has 5 nitrogen and oxygen atoms in total. The number of sulfone groups is 1. The van der Waals surface area contributed by atoms with Crippen molar-refractivity contribution >= 4 is 32.3 Å². The summed E-state index contributed by atoms with van der Waals surface area (Å²) in [4.78, 5) is 12.9. The van der Waals surface area contributed by atoms with Gasteiger partial charge in [-0.15, -0.1) is 0 Å². The molecule has 3 aromatic carbocycles. The van der Waals surface area contributed by atoms with Crippen LogP contribution in [0.1, 0.15) is 30.9 Å². The molecule has 1 amide bonds. The van der Waals surface area contributed by atoms with Gasteiger partial charge in [0.05, 0.1) is 10.6 Å². The number of aromatic nitrogens is 1. The van der Waals surface area contributed by atoms with E-state index in [4.69, 9.17) is 0 Å². The highest BCUT2D eigenvalue weighted by molar-refractivity contribution is 7.90. The van der Waals surface area contributed by atoms with Gasteiger partial charge in [-0.1, -0.05) is 56.3 Å². The van der Waals surface area contributed by atoms with Crippen LogP contribution >= 0.6 is 0 Å². The van der Waals surface area contributed by atoms with E-state index in [-0.39, 0.29) is 23.1 Å². The van der Waals surface area contributed by atoms with E-state index in [0.29, 0.717) is 28.1 Å². The summed E-state index contributed by atoms with van der Waals surface area (Å²) in [5.41, 5.74) is 3.02. The fraction of sp³-hybridized carbons (Fsp3) is 0.192. The molecule has 1 aromatic heterocycles. The van der Waals surface area contributed by atoms with Gasteiger partial charge in [-0.3, -0.25) is 4.79 Å². The van der Waals surface area contributed by atoms with Crippen LogP contribution in [0.2, 0.25) is 0 Å². The van der Waals surface area contributed by atoms with E-state index in [2.05, 4.69) is 19.2 Å². The lowest BCUT2D eigenvalue weighted by atomic mass is 10.0. The molecule has 33 heavy (non-hydrogen) atoms. The highest BCUT2D eigenvalue weighted by Crippen LogP contribution is 2.28. The zero-order valence-corrected chi connectivity index (χ0v) is 19.3. The Morgan fingerprint density at radius 3 is 2.30 bits per heavy atom. The molecule has 0 aliphatic rings. The van der Waals surface area contributed by atoms with Crippen LogP contribution in [0.4, 0.5) is 10.1 Å². The third kappa shape index (κ3) is 5.14. The van der Waals surface area contributed by atoms with Crippen LogP contribution in [0.5, 0.6) is 0 Å². The number of para-hydroxylation sites is 1. The number of hydrogen-bond donors (Lipinski definition) is 1. The topological polar surface area (TPSA) is 68.2 Å². The average Bonchev–Trinajstić information content (AvgIpc) is 3.15. The number of carbonyl (C=O) groups excluding carboxylic acids is 1. The number of hydrogen-bond acceptors (Lipinski definition) is 3. The van der Waals surface area contributed by atoms with E-state index in [9.17, 15) is 17.6 Å². The predicted molar refractivity (Wildman–Crippen MR) is 128 cm³/mol. The molecule has 1 heterocycles. The second-order valence-electron chi connectivity index (χ2n) is 8.35. The van der Waals surface area contributed by atoms with Crippen molar-refractivity contribution < 1.29 is 17.6 Å². The average molecular weight is 465 g/mol. The number of nitrogens with one attached hydrogen (secondary N) is 1. The second kappa shape index (κ2) is 9.19. The van der Waals surface area contributed by atoms with Gasteiger partial charge in [0.1, 0.15) is 12.4 Å². The van der Waals surface area contributed by atoms with E-state index in [1.165, 1.54) is 36.0 Å². The van der Waals surface area contributed by atoms with Gasteiger partial charge in [0.25, 0.3) is 0 Å². The minimum atomic E-state index is -3.71. The van der Waals surface area contributed by atoms with Crippen LogP contribution in [0, 0.1) is 5.82 Å². The quantitative estimate of drug-likeness (QED) is 0.392. The minimum absolute atomic E-state index is 0.0293. The predicted octanol–water partition coefficient (Wildman–Crippen LogP) is 5.52. The Kier molecular flexibility index (Phi) is 6.33. The first-order valence-corrected chi connectivity index (χ1v) is 12.3. The zero-order valence-electron chi connectivity index (χ0n) is 18.5. The lowest BCUT2D eigenvalue weighted by Gasteiger charge is -2.09. The first kappa shape index (κ1) is 22.7. The van der Waals surface area contributed by atoms with Crippen LogP contribution in [-0.4, -0.2) is 18.9 Å². The van der Waals surface area contributed by atoms with Crippen LogP contribution in [0.25, 0.3) is 10.9 Å². The molecule has 0 unspecified atom stereocenters. The number of nitrogens with zero attached hydrogens (tertiary/aromatic N) is 1. The lowest BCUT2D eigenvalue weighted by molar-refractivity contribution is -0.116. The van der Waals surface area contributed by atoms with E-state index in [0.717, 1.165) is 0 Å². The van der Waals surface area contributed by atoms with Gasteiger partial charge in [0, 0.05) is 22.8 Å². The van der Waals surface area contributed by atoms with E-state index < -0.39 is 15.7 Å². The molecule has 0 aliphatic heterocycles. The molecule has 0 fully saturated rings. The number of amides is 1. The Morgan fingerprint density at radius 2 is 1.64 bits per heavy atom. The molecule has 0 radical (unpaired) electrons. The molecular weight excluding hydrogens is 439 g/mol. The summed E-state index contributed by atoms with van der Waals surface area (Å²) in [7, 11) is -3.71. The summed E-state index contributed by atoms with van der Waals surface area (Å²) in [5, 5.41) is 3.42. The van der Waals surface area contributed by atoms with Gasteiger partial charge in [-0.05, 0) is 47.4 Å². The normalized spacial score (nSPS) is 11.8. The maximum Gasteiger partial charge on any atom is 0.244 e. The molecule has 0 atom stereocenters. The van der Waals surface area contributed by atoms with Crippen LogP contribution in [0.15, 0.2) is 83.9 Å². The molecule has 7 heteroatoms. The van der Waals surface area contributed by atoms with Crippen molar-refractivity contribution in [2.75, 3.05) is 5.32 Å². The molecule has 170 valence electrons. The highest BCUT2D eigenvalue weighted by atomic mass is 32.2. The van der Waals surface area contributed by atoms with Crippen LogP contribution < -0.4 is 5.32 Å². The monoisotopic (exact) mass is 464 g/mol. The SMILES string of the molecule is CC(C)c1ccc(NC(=O)Cn2cc(S(=O)(=O)Cc3ccc(F)cc3)c3ccccc32)cc1. The summed E-state index contributed by atoms with van der Waals surface area (Å²) in [5.74, 6) is -0.528. The van der Waals surface area contributed by atoms with Gasteiger partial charge < -0.3 is 9.88 Å². The zero-order chi connectivity index (χ0) is 23.6. The van der Waals surface area contributed by atoms with Gasteiger partial charge in [-0.2, -0.15) is 0 Å². The largest absolute Gasteiger partial charge is 0.337 e. The van der Waals surface area contributed by atoms with E-state index in [1.807, 2.05) is 24.3 Å². The third-order valence-electron chi connectivity index (χ3n) is 5.53. The molecule has 1 N–H and O–H groups in total. The molecule has 0 saturated carbocycles. The Bertz CT molecular complexity index is 1390. The summed E-state index contributed by atoms with van der Waals surface area (Å²) in [6, 6.07) is 20.2. The first-order chi connectivity index (χ1) is 15.7. The Morgan fingerprint density at radius 1 is 0.970 bits per heavy atom. The molecule has 0 saturated heterocycles. The third-order valence-corrected chi connectivity index (χ3v) is 7.24. The number of anilines is 1. The number of carbonyl (C=O) groups is 1. The Balaban J connectivity index is 1.59. The second-order valence-corrected chi connectivity index (χ2v) is 10.3. The molecule has 0 spiro atoms. The molecule has 4 aromatic rings. The van der Waals surface area contributed by atoms with Gasteiger partial charge >= 0.3 is 0 Å². The summed E-state index contributed by atoms with van der Waals surface area (Å²) in [6.07, 6.45) is 1.50. The summed E-state index contributed by atoms with van der Waals surface area (Å²) >= 11 is 0. The number of rotatable bonds is 7. The fourth-order valence-corrected chi connectivity index (χ4v) is 5.36. The summed E-state index contributed by atoms with van der Waals surface area (Å²) < 4.78 is 41.2. The van der Waals surface area contributed by atoms with Crippen molar-refractivity contribution in [3.8, 4) is 0 Å². The lowest BCUT2D eigenvalue weighted by Crippen LogP contribution is -2.18. The standard InChI is InChI=1S/C26H25FN2O3S/c1-18(2)20-9-13-22(14-10-20)28-26(30)16-29-15-25(23-5-3-4-6-24(23)29)33(31,32)17-19-7-11-21(27)12-8-19/h3-15,18H,16-17H2,1-2H3,(H,28,30). The highest BCUT2D eigenvalue weighted by Gasteiger charge is 2.22. The van der Waals surface area contributed by atoms with Crippen LogP contribution in [0.3, 0.4) is 0 Å². The maximum absolute atomic E-state index is 13.2. The van der Waals surface area contributed by atoms with E-state index in [1.54, 1.807) is 28.8 Å². The Labute approximate surface area is 192 Å². The van der Waals surface area contributed by atoms with E-state index >= 15 is 0 Å². The number of halogens is 1. The summed E-state index contributed by atoms with van der Waals surface area (Å²) in [6.45, 7) is 4.18. The van der Waals surface area contributed by atoms with Crippen molar-refractivity contribution in [2.24, 2.45) is 0 Å². The van der Waals surface area contributed by atoms with Crippen molar-refractivity contribution in [1.29, 1.82) is 0 Å². The first-order valence-electron chi connectivity index (χ1n) is 10.7. The van der Waals surface area contributed by atoms with Crippen molar-refractivity contribution in [1.82, 2.24) is 4.57 Å². The number of fused-ring (bicyclic) bond motifs is 1. The van der Waals surface area contributed by atoms with Gasteiger partial charge in [-0.25, -0.2) is 12.8 Å². The van der Waals surface area contributed by atoms with Crippen molar-refractivity contribution in [3.05, 3.63) is 95.9 Å². The molecule has 0 aliphatic carbocycles. The fourth-order valence-electron chi connectivity index (χ4n) is 3.78. The minimum Gasteiger partial charge on any atom is -0.337 e. The van der Waals surface area contributed by atoms with Gasteiger partial charge in [0.2, 0.25) is 5.91 Å². The number of benzene rings is 3. The molecule has 0 bridgehead atoms. The van der Waals surface area contributed by atoms with Gasteiger partial charge in [0.15, 0.2) is 9.84 Å². The Hall–Kier alpha value is -3.45. The van der Waals surface area contributed by atoms with Crippen LogP contribution in [-0.2, 0) is 26.9 Å². The van der Waals surface area contributed by atoms with Crippen molar-refractivity contribution in [3.63, 3.8) is 0 Å². The maximum atomic E-state index is 13.2. The molecule has 4 rings (SSSR count). The smallest absolute Gasteiger partial charge is 0.244 e. The van der Waals surface area contributed by atoms with Crippen molar-refractivity contribution in [2.45, 2.75) is 37.0 Å². The molecular formula is C26H25FN2O3S.